The van der Waals surface area contributed by atoms with Crippen LogP contribution in [0.2, 0.25) is 0 Å². The standard InChI is InChI=1S/C19H21FN2O3.ClH/c1-13(10-21-2)19(23)22(16-6-4-15(20)5-7-16)11-14-3-8-17-18(9-14)25-12-24-17;/h3-9,13,21H,10-12H2,1-2H3;1H. The number of carbonyl (C=O) groups is 1. The van der Waals surface area contributed by atoms with Crippen LogP contribution >= 0.6 is 12.4 Å². The monoisotopic (exact) mass is 380 g/mol. The smallest absolute Gasteiger partial charge is 0.231 e. The molecule has 26 heavy (non-hydrogen) atoms. The SMILES string of the molecule is CNCC(C)C(=O)N(Cc1ccc2c(c1)OCO2)c1ccc(F)cc1.Cl. The third-order valence-corrected chi connectivity index (χ3v) is 4.11. The summed E-state index contributed by atoms with van der Waals surface area (Å²) in [6, 6.07) is 11.6. The molecular weight excluding hydrogens is 359 g/mol. The van der Waals surface area contributed by atoms with E-state index in [0.717, 1.165) is 5.56 Å². The molecule has 1 atom stereocenters. The first kappa shape index (κ1) is 20.0. The van der Waals surface area contributed by atoms with Crippen LogP contribution < -0.4 is 19.7 Å². The fourth-order valence-electron chi connectivity index (χ4n) is 2.80. The van der Waals surface area contributed by atoms with Crippen molar-refractivity contribution < 1.29 is 18.7 Å². The fraction of sp³-hybridized carbons (Fsp3) is 0.316. The third-order valence-electron chi connectivity index (χ3n) is 4.11. The summed E-state index contributed by atoms with van der Waals surface area (Å²) < 4.78 is 24.0. The zero-order valence-electron chi connectivity index (χ0n) is 14.7. The normalized spacial score (nSPS) is 13.0. The van der Waals surface area contributed by atoms with E-state index in [1.54, 1.807) is 17.0 Å². The van der Waals surface area contributed by atoms with Crippen LogP contribution in [-0.4, -0.2) is 26.3 Å². The Kier molecular flexibility index (Phi) is 6.83. The lowest BCUT2D eigenvalue weighted by molar-refractivity contribution is -0.121. The van der Waals surface area contributed by atoms with Crippen molar-refractivity contribution in [1.29, 1.82) is 0 Å². The highest BCUT2D eigenvalue weighted by molar-refractivity contribution is 5.94. The van der Waals surface area contributed by atoms with Crippen LogP contribution in [0.1, 0.15) is 12.5 Å². The van der Waals surface area contributed by atoms with Crippen molar-refractivity contribution in [3.63, 3.8) is 0 Å². The number of rotatable bonds is 6. The van der Waals surface area contributed by atoms with E-state index in [-0.39, 0.29) is 36.8 Å². The molecule has 1 aliphatic heterocycles. The Morgan fingerprint density at radius 3 is 2.58 bits per heavy atom. The summed E-state index contributed by atoms with van der Waals surface area (Å²) in [6.45, 7) is 3.01. The van der Waals surface area contributed by atoms with Gasteiger partial charge in [-0.2, -0.15) is 0 Å². The number of halogens is 2. The molecule has 0 saturated carbocycles. The summed E-state index contributed by atoms with van der Waals surface area (Å²) in [5.41, 5.74) is 1.57. The highest BCUT2D eigenvalue weighted by atomic mass is 35.5. The minimum absolute atomic E-state index is 0. The van der Waals surface area contributed by atoms with Crippen LogP contribution in [0.5, 0.6) is 11.5 Å². The summed E-state index contributed by atoms with van der Waals surface area (Å²) in [5, 5.41) is 3.02. The van der Waals surface area contributed by atoms with Gasteiger partial charge in [0.15, 0.2) is 11.5 Å². The average molecular weight is 381 g/mol. The summed E-state index contributed by atoms with van der Waals surface area (Å²) in [7, 11) is 1.81. The fourth-order valence-corrected chi connectivity index (χ4v) is 2.80. The first-order valence-electron chi connectivity index (χ1n) is 8.18. The van der Waals surface area contributed by atoms with Gasteiger partial charge in [0.1, 0.15) is 5.82 Å². The Bertz CT molecular complexity index is 755. The second-order valence-electron chi connectivity index (χ2n) is 6.05. The highest BCUT2D eigenvalue weighted by Crippen LogP contribution is 2.33. The van der Waals surface area contributed by atoms with Crippen LogP contribution in [0.3, 0.4) is 0 Å². The van der Waals surface area contributed by atoms with Gasteiger partial charge in [0.2, 0.25) is 12.7 Å². The number of nitrogens with zero attached hydrogens (tertiary/aromatic N) is 1. The highest BCUT2D eigenvalue weighted by Gasteiger charge is 2.23. The summed E-state index contributed by atoms with van der Waals surface area (Å²) >= 11 is 0. The lowest BCUT2D eigenvalue weighted by Crippen LogP contribution is -2.38. The number of hydrogen-bond acceptors (Lipinski definition) is 4. The maximum atomic E-state index is 13.3. The molecule has 140 valence electrons. The van der Waals surface area contributed by atoms with Gasteiger partial charge in [-0.1, -0.05) is 13.0 Å². The van der Waals surface area contributed by atoms with Crippen molar-refractivity contribution in [2.45, 2.75) is 13.5 Å². The molecular formula is C19H22ClFN2O3. The maximum Gasteiger partial charge on any atom is 0.231 e. The molecule has 1 aliphatic rings. The molecule has 7 heteroatoms. The van der Waals surface area contributed by atoms with Gasteiger partial charge < -0.3 is 19.7 Å². The van der Waals surface area contributed by atoms with Gasteiger partial charge in [0.05, 0.1) is 6.54 Å². The molecule has 0 bridgehead atoms. The van der Waals surface area contributed by atoms with E-state index in [2.05, 4.69) is 5.32 Å². The van der Waals surface area contributed by atoms with E-state index >= 15 is 0 Å². The molecule has 1 N–H and O–H groups in total. The quantitative estimate of drug-likeness (QED) is 0.834. The van der Waals surface area contributed by atoms with E-state index in [1.165, 1.54) is 12.1 Å². The van der Waals surface area contributed by atoms with Gasteiger partial charge in [-0.25, -0.2) is 4.39 Å². The van der Waals surface area contributed by atoms with E-state index in [1.807, 2.05) is 32.2 Å². The topological polar surface area (TPSA) is 50.8 Å². The van der Waals surface area contributed by atoms with E-state index in [9.17, 15) is 9.18 Å². The third kappa shape index (κ3) is 4.45. The Morgan fingerprint density at radius 2 is 1.88 bits per heavy atom. The predicted octanol–water partition coefficient (Wildman–Crippen LogP) is 3.36. The van der Waals surface area contributed by atoms with Gasteiger partial charge in [-0.3, -0.25) is 4.79 Å². The van der Waals surface area contributed by atoms with Gasteiger partial charge in [0.25, 0.3) is 0 Å². The van der Waals surface area contributed by atoms with Crippen molar-refractivity contribution in [3.05, 3.63) is 53.8 Å². The lowest BCUT2D eigenvalue weighted by atomic mass is 10.1. The summed E-state index contributed by atoms with van der Waals surface area (Å²) in [5.74, 6) is 0.810. The number of fused-ring (bicyclic) bond motifs is 1. The molecule has 1 heterocycles. The molecule has 2 aromatic carbocycles. The number of anilines is 1. The van der Waals surface area contributed by atoms with E-state index in [0.29, 0.717) is 30.3 Å². The second kappa shape index (κ2) is 8.87. The van der Waals surface area contributed by atoms with Crippen LogP contribution in [0.4, 0.5) is 10.1 Å². The lowest BCUT2D eigenvalue weighted by Gasteiger charge is -2.26. The number of benzene rings is 2. The average Bonchev–Trinajstić information content (AvgIpc) is 3.08. The van der Waals surface area contributed by atoms with Gasteiger partial charge in [-0.05, 0) is 49.0 Å². The maximum absolute atomic E-state index is 13.3. The zero-order chi connectivity index (χ0) is 17.8. The van der Waals surface area contributed by atoms with Crippen LogP contribution in [0.25, 0.3) is 0 Å². The predicted molar refractivity (Wildman–Crippen MR) is 100 cm³/mol. The van der Waals surface area contributed by atoms with Crippen molar-refractivity contribution >= 4 is 24.0 Å². The van der Waals surface area contributed by atoms with Gasteiger partial charge >= 0.3 is 0 Å². The molecule has 0 saturated heterocycles. The molecule has 0 spiro atoms. The summed E-state index contributed by atoms with van der Waals surface area (Å²) in [6.07, 6.45) is 0. The second-order valence-corrected chi connectivity index (χ2v) is 6.05. The minimum atomic E-state index is -0.331. The molecule has 3 rings (SSSR count). The molecule has 0 aliphatic carbocycles. The van der Waals surface area contributed by atoms with Crippen LogP contribution in [0.15, 0.2) is 42.5 Å². The molecule has 5 nitrogen and oxygen atoms in total. The number of carbonyl (C=O) groups excluding carboxylic acids is 1. The number of ether oxygens (including phenoxy) is 2. The van der Waals surface area contributed by atoms with E-state index < -0.39 is 0 Å². The molecule has 0 aromatic heterocycles. The first-order valence-corrected chi connectivity index (χ1v) is 8.18. The molecule has 1 amide bonds. The number of amides is 1. The van der Waals surface area contributed by atoms with Gasteiger partial charge in [0, 0.05) is 18.2 Å². The Morgan fingerprint density at radius 1 is 1.19 bits per heavy atom. The number of nitrogens with one attached hydrogen (secondary N) is 1. The van der Waals surface area contributed by atoms with Crippen LogP contribution in [-0.2, 0) is 11.3 Å². The largest absolute Gasteiger partial charge is 0.454 e. The molecule has 2 aromatic rings. The van der Waals surface area contributed by atoms with Crippen molar-refractivity contribution in [1.82, 2.24) is 5.32 Å². The van der Waals surface area contributed by atoms with Crippen molar-refractivity contribution in [2.75, 3.05) is 25.3 Å². The summed E-state index contributed by atoms with van der Waals surface area (Å²) in [4.78, 5) is 14.6. The van der Waals surface area contributed by atoms with E-state index in [4.69, 9.17) is 9.47 Å². The first-order chi connectivity index (χ1) is 12.1. The number of hydrogen-bond donors (Lipinski definition) is 1. The van der Waals surface area contributed by atoms with Crippen LogP contribution in [0, 0.1) is 11.7 Å². The molecule has 0 radical (unpaired) electrons. The van der Waals surface area contributed by atoms with Crippen molar-refractivity contribution in [2.24, 2.45) is 5.92 Å². The Balaban J connectivity index is 0.00000243. The molecule has 0 fully saturated rings. The zero-order valence-corrected chi connectivity index (χ0v) is 15.5. The Labute approximate surface area is 158 Å². The molecule has 1 unspecified atom stereocenters. The van der Waals surface area contributed by atoms with Crippen molar-refractivity contribution in [3.8, 4) is 11.5 Å². The Hall–Kier alpha value is -2.31. The van der Waals surface area contributed by atoms with Gasteiger partial charge in [-0.15, -0.1) is 12.4 Å². The minimum Gasteiger partial charge on any atom is -0.454 e.